The second-order valence-electron chi connectivity index (χ2n) is 7.57. The van der Waals surface area contributed by atoms with Gasteiger partial charge in [-0.05, 0) is 18.4 Å². The van der Waals surface area contributed by atoms with Crippen molar-refractivity contribution >= 4 is 17.8 Å². The van der Waals surface area contributed by atoms with E-state index in [0.717, 1.165) is 5.56 Å². The predicted octanol–water partition coefficient (Wildman–Crippen LogP) is 1.79. The van der Waals surface area contributed by atoms with E-state index in [1.807, 2.05) is 30.3 Å². The van der Waals surface area contributed by atoms with Crippen molar-refractivity contribution in [2.75, 3.05) is 19.6 Å². The first-order valence-electron chi connectivity index (χ1n) is 8.52. The van der Waals surface area contributed by atoms with Crippen molar-refractivity contribution in [1.29, 1.82) is 0 Å². The molecule has 1 fully saturated rings. The Hall–Kier alpha value is -2.37. The number of carboxylic acid groups (broad SMARTS) is 1. The minimum absolute atomic E-state index is 0.0541. The summed E-state index contributed by atoms with van der Waals surface area (Å²) in [4.78, 5) is 37.7. The molecule has 2 rings (SSSR count). The zero-order valence-electron chi connectivity index (χ0n) is 15.0. The van der Waals surface area contributed by atoms with Gasteiger partial charge in [0.25, 0.3) is 0 Å². The van der Waals surface area contributed by atoms with Crippen molar-refractivity contribution in [3.8, 4) is 0 Å². The van der Waals surface area contributed by atoms with Crippen LogP contribution in [0.15, 0.2) is 30.3 Å². The summed E-state index contributed by atoms with van der Waals surface area (Å²) in [5, 5.41) is 12.4. The zero-order valence-corrected chi connectivity index (χ0v) is 15.0. The van der Waals surface area contributed by atoms with Crippen molar-refractivity contribution in [2.45, 2.75) is 39.0 Å². The van der Waals surface area contributed by atoms with Crippen LogP contribution >= 0.6 is 0 Å². The van der Waals surface area contributed by atoms with Gasteiger partial charge in [0.05, 0.1) is 12.0 Å². The molecule has 2 N–H and O–H groups in total. The molecular weight excluding hydrogens is 320 g/mol. The van der Waals surface area contributed by atoms with Crippen LogP contribution in [0, 0.1) is 5.41 Å². The van der Waals surface area contributed by atoms with Gasteiger partial charge >= 0.3 is 5.97 Å². The van der Waals surface area contributed by atoms with Crippen LogP contribution in [0.4, 0.5) is 0 Å². The third kappa shape index (κ3) is 4.18. The summed E-state index contributed by atoms with van der Waals surface area (Å²) in [6, 6.07) is 9.18. The van der Waals surface area contributed by atoms with Crippen LogP contribution in [-0.4, -0.2) is 47.4 Å². The van der Waals surface area contributed by atoms with Gasteiger partial charge in [-0.15, -0.1) is 0 Å². The molecule has 0 aliphatic carbocycles. The summed E-state index contributed by atoms with van der Waals surface area (Å²) >= 11 is 0. The lowest BCUT2D eigenvalue weighted by atomic mass is 9.73. The first-order chi connectivity index (χ1) is 11.7. The monoisotopic (exact) mass is 346 g/mol. The average Bonchev–Trinajstić information content (AvgIpc) is 2.59. The highest BCUT2D eigenvalue weighted by molar-refractivity contribution is 5.87. The summed E-state index contributed by atoms with van der Waals surface area (Å²) in [7, 11) is 0. The van der Waals surface area contributed by atoms with E-state index in [0.29, 0.717) is 25.9 Å². The number of nitrogens with one attached hydrogen (secondary N) is 1. The standard InChI is InChI=1S/C19H26N2O4/c1-18(2,3)16(23)20-13-15(22)21-11-9-19(10-12-21,17(24)25)14-7-5-4-6-8-14/h4-8H,9-13H2,1-3H3,(H,20,23)(H,24,25). The SMILES string of the molecule is CC(C)(C)C(=O)NCC(=O)N1CCC(C(=O)O)(c2ccccc2)CC1. The number of benzene rings is 1. The number of likely N-dealkylation sites (tertiary alicyclic amines) is 1. The molecule has 1 aromatic carbocycles. The molecule has 2 amide bonds. The van der Waals surface area contributed by atoms with Gasteiger partial charge in [0, 0.05) is 18.5 Å². The number of carbonyl (C=O) groups excluding carboxylic acids is 2. The summed E-state index contributed by atoms with van der Waals surface area (Å²) in [5.74, 6) is -1.21. The molecule has 6 heteroatoms. The number of amides is 2. The first-order valence-corrected chi connectivity index (χ1v) is 8.52. The lowest BCUT2D eigenvalue weighted by Crippen LogP contribution is -2.51. The molecule has 1 aliphatic heterocycles. The van der Waals surface area contributed by atoms with E-state index in [1.165, 1.54) is 0 Å². The fourth-order valence-electron chi connectivity index (χ4n) is 3.05. The Labute approximate surface area is 148 Å². The summed E-state index contributed by atoms with van der Waals surface area (Å²) < 4.78 is 0. The molecule has 1 aromatic rings. The number of carbonyl (C=O) groups is 3. The molecule has 0 atom stereocenters. The van der Waals surface area contributed by atoms with Crippen LogP contribution in [0.1, 0.15) is 39.2 Å². The van der Waals surface area contributed by atoms with E-state index in [2.05, 4.69) is 5.32 Å². The molecule has 136 valence electrons. The Bertz CT molecular complexity index is 641. The zero-order chi connectivity index (χ0) is 18.7. The van der Waals surface area contributed by atoms with E-state index in [1.54, 1.807) is 25.7 Å². The van der Waals surface area contributed by atoms with E-state index in [4.69, 9.17) is 0 Å². The van der Waals surface area contributed by atoms with E-state index in [-0.39, 0.29) is 18.4 Å². The van der Waals surface area contributed by atoms with Gasteiger partial charge in [-0.25, -0.2) is 0 Å². The highest BCUT2D eigenvalue weighted by Gasteiger charge is 2.43. The minimum Gasteiger partial charge on any atom is -0.481 e. The first kappa shape index (κ1) is 19.0. The lowest BCUT2D eigenvalue weighted by Gasteiger charge is -2.39. The second-order valence-corrected chi connectivity index (χ2v) is 7.57. The van der Waals surface area contributed by atoms with Gasteiger partial charge in [0.15, 0.2) is 0 Å². The number of aliphatic carboxylic acids is 1. The fraction of sp³-hybridized carbons (Fsp3) is 0.526. The number of carboxylic acids is 1. The number of hydrogen-bond donors (Lipinski definition) is 2. The molecule has 0 spiro atoms. The van der Waals surface area contributed by atoms with Crippen LogP contribution in [0.5, 0.6) is 0 Å². The third-order valence-electron chi connectivity index (χ3n) is 4.79. The van der Waals surface area contributed by atoms with Gasteiger partial charge in [0.1, 0.15) is 0 Å². The van der Waals surface area contributed by atoms with Crippen LogP contribution < -0.4 is 5.32 Å². The van der Waals surface area contributed by atoms with Gasteiger partial charge in [-0.1, -0.05) is 51.1 Å². The lowest BCUT2D eigenvalue weighted by molar-refractivity contribution is -0.148. The van der Waals surface area contributed by atoms with Gasteiger partial charge < -0.3 is 15.3 Å². The Morgan fingerprint density at radius 3 is 2.16 bits per heavy atom. The maximum Gasteiger partial charge on any atom is 0.314 e. The predicted molar refractivity (Wildman–Crippen MR) is 94.0 cm³/mol. The number of rotatable bonds is 4. The second kappa shape index (κ2) is 7.25. The Balaban J connectivity index is 1.99. The highest BCUT2D eigenvalue weighted by Crippen LogP contribution is 2.35. The molecule has 0 aromatic heterocycles. The smallest absolute Gasteiger partial charge is 0.314 e. The van der Waals surface area contributed by atoms with Crippen LogP contribution in [0.25, 0.3) is 0 Å². The van der Waals surface area contributed by atoms with E-state index in [9.17, 15) is 19.5 Å². The highest BCUT2D eigenvalue weighted by atomic mass is 16.4. The van der Waals surface area contributed by atoms with Crippen molar-refractivity contribution in [3.63, 3.8) is 0 Å². The molecule has 0 unspecified atom stereocenters. The van der Waals surface area contributed by atoms with Crippen LogP contribution in [0.2, 0.25) is 0 Å². The van der Waals surface area contributed by atoms with Crippen LogP contribution in [-0.2, 0) is 19.8 Å². The molecule has 0 bridgehead atoms. The third-order valence-corrected chi connectivity index (χ3v) is 4.79. The van der Waals surface area contributed by atoms with Gasteiger partial charge in [0.2, 0.25) is 11.8 Å². The molecule has 1 heterocycles. The minimum atomic E-state index is -0.952. The van der Waals surface area contributed by atoms with Crippen molar-refractivity contribution in [1.82, 2.24) is 10.2 Å². The summed E-state index contributed by atoms with van der Waals surface area (Å²) in [6.07, 6.45) is 0.733. The Morgan fingerprint density at radius 1 is 1.12 bits per heavy atom. The van der Waals surface area contributed by atoms with Crippen LogP contribution in [0.3, 0.4) is 0 Å². The Morgan fingerprint density at radius 2 is 1.68 bits per heavy atom. The Kier molecular flexibility index (Phi) is 5.50. The molecule has 25 heavy (non-hydrogen) atoms. The normalized spacial score (nSPS) is 17.0. The number of nitrogens with zero attached hydrogens (tertiary/aromatic N) is 1. The molecule has 0 saturated carbocycles. The topological polar surface area (TPSA) is 86.7 Å². The molecular formula is C19H26N2O4. The van der Waals surface area contributed by atoms with Crippen molar-refractivity contribution in [3.05, 3.63) is 35.9 Å². The average molecular weight is 346 g/mol. The van der Waals surface area contributed by atoms with Crippen molar-refractivity contribution in [2.24, 2.45) is 5.41 Å². The fourth-order valence-corrected chi connectivity index (χ4v) is 3.05. The quantitative estimate of drug-likeness (QED) is 0.870. The maximum atomic E-state index is 12.3. The van der Waals surface area contributed by atoms with E-state index >= 15 is 0 Å². The molecule has 6 nitrogen and oxygen atoms in total. The molecule has 0 radical (unpaired) electrons. The van der Waals surface area contributed by atoms with E-state index < -0.39 is 16.8 Å². The number of hydrogen-bond acceptors (Lipinski definition) is 3. The number of piperidine rings is 1. The largest absolute Gasteiger partial charge is 0.481 e. The van der Waals surface area contributed by atoms with Gasteiger partial charge in [-0.3, -0.25) is 14.4 Å². The van der Waals surface area contributed by atoms with Gasteiger partial charge in [-0.2, -0.15) is 0 Å². The summed E-state index contributed by atoms with van der Waals surface area (Å²) in [6.45, 7) is 6.04. The van der Waals surface area contributed by atoms with Crippen molar-refractivity contribution < 1.29 is 19.5 Å². The molecule has 1 aliphatic rings. The molecule has 1 saturated heterocycles. The maximum absolute atomic E-state index is 12.3. The summed E-state index contributed by atoms with van der Waals surface area (Å²) in [5.41, 5.74) is -0.726.